The normalized spacial score (nSPS) is 45.4. The Morgan fingerprint density at radius 1 is 1.06 bits per heavy atom. The quantitative estimate of drug-likeness (QED) is 0.769. The Hall–Kier alpha value is -0.120. The van der Waals surface area contributed by atoms with Crippen LogP contribution in [0.15, 0.2) is 0 Å². The van der Waals surface area contributed by atoms with E-state index in [2.05, 4.69) is 10.2 Å². The highest BCUT2D eigenvalue weighted by Crippen LogP contribution is 2.32. The third-order valence-corrected chi connectivity index (χ3v) is 5.35. The number of rotatable bonds is 4. The van der Waals surface area contributed by atoms with Crippen LogP contribution in [0.1, 0.15) is 32.1 Å². The lowest BCUT2D eigenvalue weighted by Gasteiger charge is -2.45. The summed E-state index contributed by atoms with van der Waals surface area (Å²) < 4.78 is 0. The molecule has 3 heteroatoms. The van der Waals surface area contributed by atoms with Crippen molar-refractivity contribution in [2.45, 2.75) is 38.1 Å². The summed E-state index contributed by atoms with van der Waals surface area (Å²) in [6.07, 6.45) is 6.66. The summed E-state index contributed by atoms with van der Waals surface area (Å²) in [6, 6.07) is 0.734. The van der Waals surface area contributed by atoms with E-state index >= 15 is 0 Å². The largest absolute Gasteiger partial charge is 0.396 e. The molecule has 17 heavy (non-hydrogen) atoms. The molecule has 3 nitrogen and oxygen atoms in total. The molecule has 3 saturated heterocycles. The number of aliphatic hydroxyl groups is 1. The molecule has 98 valence electrons. The smallest absolute Gasteiger partial charge is 0.0462 e. The van der Waals surface area contributed by atoms with Gasteiger partial charge >= 0.3 is 0 Å². The second kappa shape index (κ2) is 5.25. The predicted octanol–water partition coefficient (Wildman–Crippen LogP) is 1.08. The van der Waals surface area contributed by atoms with E-state index in [1.165, 1.54) is 51.7 Å². The minimum absolute atomic E-state index is 0.395. The van der Waals surface area contributed by atoms with Crippen LogP contribution in [-0.2, 0) is 0 Å². The van der Waals surface area contributed by atoms with Crippen LogP contribution in [0.4, 0.5) is 0 Å². The van der Waals surface area contributed by atoms with E-state index in [1.807, 2.05) is 0 Å². The van der Waals surface area contributed by atoms with Gasteiger partial charge in [-0.25, -0.2) is 0 Å². The maximum atomic E-state index is 9.34. The van der Waals surface area contributed by atoms with Gasteiger partial charge in [0.1, 0.15) is 0 Å². The molecule has 1 aliphatic carbocycles. The first-order valence-electron chi connectivity index (χ1n) is 7.43. The first-order valence-corrected chi connectivity index (χ1v) is 7.43. The number of piperidine rings is 3. The highest BCUT2D eigenvalue weighted by atomic mass is 16.3. The van der Waals surface area contributed by atoms with Crippen molar-refractivity contribution in [3.63, 3.8) is 0 Å². The maximum Gasteiger partial charge on any atom is 0.0462 e. The van der Waals surface area contributed by atoms with Crippen LogP contribution in [0.25, 0.3) is 0 Å². The predicted molar refractivity (Wildman–Crippen MR) is 68.9 cm³/mol. The molecular formula is C14H26N2O. The minimum atomic E-state index is 0.395. The fourth-order valence-corrected chi connectivity index (χ4v) is 4.12. The number of nitrogens with one attached hydrogen (secondary N) is 1. The number of hydrogen-bond donors (Lipinski definition) is 2. The molecule has 1 saturated carbocycles. The van der Waals surface area contributed by atoms with Crippen molar-refractivity contribution in [1.82, 2.24) is 10.2 Å². The molecule has 3 aliphatic heterocycles. The molecule has 0 radical (unpaired) electrons. The zero-order valence-corrected chi connectivity index (χ0v) is 10.8. The van der Waals surface area contributed by atoms with E-state index in [9.17, 15) is 5.11 Å². The Balaban J connectivity index is 1.48. The van der Waals surface area contributed by atoms with E-state index in [-0.39, 0.29) is 0 Å². The van der Waals surface area contributed by atoms with Crippen LogP contribution in [-0.4, -0.2) is 48.8 Å². The third-order valence-electron chi connectivity index (χ3n) is 5.35. The lowest BCUT2D eigenvalue weighted by molar-refractivity contribution is 0.0685. The molecule has 0 aromatic heterocycles. The Morgan fingerprint density at radius 3 is 2.47 bits per heavy atom. The first-order chi connectivity index (χ1) is 8.36. The fourth-order valence-electron chi connectivity index (χ4n) is 4.12. The molecule has 3 heterocycles. The Bertz CT molecular complexity index is 251. The van der Waals surface area contributed by atoms with E-state index in [0.717, 1.165) is 24.4 Å². The van der Waals surface area contributed by atoms with Gasteiger partial charge in [0.2, 0.25) is 0 Å². The average molecular weight is 238 g/mol. The van der Waals surface area contributed by atoms with Gasteiger partial charge in [0, 0.05) is 19.2 Å². The van der Waals surface area contributed by atoms with Crippen molar-refractivity contribution in [2.24, 2.45) is 17.8 Å². The first kappa shape index (κ1) is 11.9. The van der Waals surface area contributed by atoms with Crippen molar-refractivity contribution >= 4 is 0 Å². The van der Waals surface area contributed by atoms with Gasteiger partial charge in [0.25, 0.3) is 0 Å². The highest BCUT2D eigenvalue weighted by Gasteiger charge is 2.35. The van der Waals surface area contributed by atoms with E-state index in [1.54, 1.807) is 0 Å². The van der Waals surface area contributed by atoms with Gasteiger partial charge in [0.05, 0.1) is 0 Å². The van der Waals surface area contributed by atoms with Gasteiger partial charge in [-0.05, 0) is 63.1 Å². The van der Waals surface area contributed by atoms with Crippen LogP contribution in [0.3, 0.4) is 0 Å². The van der Waals surface area contributed by atoms with Gasteiger partial charge in [-0.2, -0.15) is 0 Å². The lowest BCUT2D eigenvalue weighted by atomic mass is 9.83. The van der Waals surface area contributed by atoms with E-state index in [4.69, 9.17) is 0 Å². The van der Waals surface area contributed by atoms with Crippen LogP contribution >= 0.6 is 0 Å². The second-order valence-electron chi connectivity index (χ2n) is 6.29. The Labute approximate surface area is 105 Å². The van der Waals surface area contributed by atoms with Crippen molar-refractivity contribution in [1.29, 1.82) is 0 Å². The summed E-state index contributed by atoms with van der Waals surface area (Å²) in [6.45, 7) is 5.45. The average Bonchev–Trinajstić information content (AvgIpc) is 2.85. The fraction of sp³-hybridized carbons (Fsp3) is 1.00. The molecule has 0 aromatic carbocycles. The SMILES string of the molecule is OCC1CCCC1CNC1CN2CCC1CC2. The van der Waals surface area contributed by atoms with Crippen molar-refractivity contribution in [3.05, 3.63) is 0 Å². The van der Waals surface area contributed by atoms with E-state index < -0.39 is 0 Å². The number of nitrogens with zero attached hydrogens (tertiary/aromatic N) is 1. The van der Waals surface area contributed by atoms with Crippen molar-refractivity contribution < 1.29 is 5.11 Å². The summed E-state index contributed by atoms with van der Waals surface area (Å²) in [4.78, 5) is 2.61. The standard InChI is InChI=1S/C14H26N2O/c17-10-13-3-1-2-12(13)8-15-14-9-16-6-4-11(14)5-7-16/h11-15,17H,1-10H2. The summed E-state index contributed by atoms with van der Waals surface area (Å²) in [7, 11) is 0. The maximum absolute atomic E-state index is 9.34. The van der Waals surface area contributed by atoms with Crippen LogP contribution in [0.2, 0.25) is 0 Å². The number of fused-ring (bicyclic) bond motifs is 3. The molecule has 2 bridgehead atoms. The van der Waals surface area contributed by atoms with Gasteiger partial charge in [0.15, 0.2) is 0 Å². The monoisotopic (exact) mass is 238 g/mol. The van der Waals surface area contributed by atoms with Crippen LogP contribution in [0, 0.1) is 17.8 Å². The molecular weight excluding hydrogens is 212 g/mol. The molecule has 3 atom stereocenters. The molecule has 4 aliphatic rings. The number of aliphatic hydroxyl groups excluding tert-OH is 1. The van der Waals surface area contributed by atoms with Gasteiger partial charge in [-0.15, -0.1) is 0 Å². The van der Waals surface area contributed by atoms with Gasteiger partial charge in [-0.3, -0.25) is 0 Å². The second-order valence-corrected chi connectivity index (χ2v) is 6.29. The van der Waals surface area contributed by atoms with E-state index in [0.29, 0.717) is 12.5 Å². The third kappa shape index (κ3) is 2.51. The molecule has 0 amide bonds. The van der Waals surface area contributed by atoms with Crippen LogP contribution in [0.5, 0.6) is 0 Å². The molecule has 0 aromatic rings. The Kier molecular flexibility index (Phi) is 3.69. The Morgan fingerprint density at radius 2 is 1.82 bits per heavy atom. The highest BCUT2D eigenvalue weighted by molar-refractivity contribution is 4.92. The molecule has 0 spiro atoms. The summed E-state index contributed by atoms with van der Waals surface area (Å²) >= 11 is 0. The van der Waals surface area contributed by atoms with Crippen LogP contribution < -0.4 is 5.32 Å². The molecule has 2 N–H and O–H groups in total. The molecule has 4 rings (SSSR count). The molecule has 4 fully saturated rings. The van der Waals surface area contributed by atoms with Gasteiger partial charge in [-0.1, -0.05) is 6.42 Å². The number of hydrogen-bond acceptors (Lipinski definition) is 3. The van der Waals surface area contributed by atoms with Crippen molar-refractivity contribution in [3.8, 4) is 0 Å². The minimum Gasteiger partial charge on any atom is -0.396 e. The molecule has 3 unspecified atom stereocenters. The van der Waals surface area contributed by atoms with Crippen molar-refractivity contribution in [2.75, 3.05) is 32.8 Å². The zero-order chi connectivity index (χ0) is 11.7. The summed E-state index contributed by atoms with van der Waals surface area (Å²) in [5.74, 6) is 2.23. The zero-order valence-electron chi connectivity index (χ0n) is 10.8. The van der Waals surface area contributed by atoms with Gasteiger partial charge < -0.3 is 15.3 Å². The summed E-state index contributed by atoms with van der Waals surface area (Å²) in [5.41, 5.74) is 0. The topological polar surface area (TPSA) is 35.5 Å². The summed E-state index contributed by atoms with van der Waals surface area (Å²) in [5, 5.41) is 13.1. The lowest BCUT2D eigenvalue weighted by Crippen LogP contribution is -2.56.